The van der Waals surface area contributed by atoms with Gasteiger partial charge in [0, 0.05) is 26.1 Å². The molecule has 1 heterocycles. The third-order valence-corrected chi connectivity index (χ3v) is 2.10. The zero-order valence-electron chi connectivity index (χ0n) is 7.88. The van der Waals surface area contributed by atoms with Crippen molar-refractivity contribution in [1.29, 1.82) is 5.26 Å². The Balaban J connectivity index is 2.34. The standard InChI is InChI=1S/C10H16N2/c1-10(2,5-6-11)9-12-7-3-4-8-12/h3-4H,5,7-9H2,1-2H3. The molecule has 0 fully saturated rings. The Kier molecular flexibility index (Phi) is 2.88. The lowest BCUT2D eigenvalue weighted by Crippen LogP contribution is -2.32. The van der Waals surface area contributed by atoms with Gasteiger partial charge in [0.15, 0.2) is 0 Å². The van der Waals surface area contributed by atoms with Crippen LogP contribution in [0.5, 0.6) is 0 Å². The first-order valence-electron chi connectivity index (χ1n) is 4.38. The first-order chi connectivity index (χ1) is 5.64. The van der Waals surface area contributed by atoms with Crippen molar-refractivity contribution in [2.45, 2.75) is 20.3 Å². The van der Waals surface area contributed by atoms with Gasteiger partial charge < -0.3 is 0 Å². The lowest BCUT2D eigenvalue weighted by atomic mass is 9.89. The van der Waals surface area contributed by atoms with Crippen molar-refractivity contribution < 1.29 is 0 Å². The van der Waals surface area contributed by atoms with E-state index in [1.165, 1.54) is 0 Å². The molecule has 0 radical (unpaired) electrons. The van der Waals surface area contributed by atoms with E-state index in [0.717, 1.165) is 19.6 Å². The third kappa shape index (κ3) is 2.67. The summed E-state index contributed by atoms with van der Waals surface area (Å²) >= 11 is 0. The molecular formula is C10H16N2. The van der Waals surface area contributed by atoms with Crippen LogP contribution in [0.2, 0.25) is 0 Å². The van der Waals surface area contributed by atoms with Crippen molar-refractivity contribution in [3.8, 4) is 6.07 Å². The zero-order valence-corrected chi connectivity index (χ0v) is 7.88. The second kappa shape index (κ2) is 3.73. The Hall–Kier alpha value is -0.810. The van der Waals surface area contributed by atoms with Crippen LogP contribution < -0.4 is 0 Å². The number of hydrogen-bond acceptors (Lipinski definition) is 2. The molecule has 0 spiro atoms. The highest BCUT2D eigenvalue weighted by molar-refractivity contribution is 4.97. The van der Waals surface area contributed by atoms with Crippen LogP contribution >= 0.6 is 0 Å². The first kappa shape index (κ1) is 9.28. The van der Waals surface area contributed by atoms with Crippen molar-refractivity contribution >= 4 is 0 Å². The van der Waals surface area contributed by atoms with Gasteiger partial charge in [0.05, 0.1) is 6.07 Å². The van der Waals surface area contributed by atoms with E-state index in [9.17, 15) is 0 Å². The topological polar surface area (TPSA) is 27.0 Å². The molecule has 0 atom stereocenters. The minimum Gasteiger partial charge on any atom is -0.295 e. The Morgan fingerprint density at radius 1 is 1.42 bits per heavy atom. The molecule has 0 aliphatic carbocycles. The monoisotopic (exact) mass is 164 g/mol. The van der Waals surface area contributed by atoms with Gasteiger partial charge in [-0.3, -0.25) is 4.90 Å². The van der Waals surface area contributed by atoms with Crippen LogP contribution in [0.1, 0.15) is 20.3 Å². The molecule has 12 heavy (non-hydrogen) atoms. The SMILES string of the molecule is CC(C)(CC#N)CN1CC=CC1. The van der Waals surface area contributed by atoms with Crippen LogP contribution in [0, 0.1) is 16.7 Å². The van der Waals surface area contributed by atoms with Crippen molar-refractivity contribution in [2.24, 2.45) is 5.41 Å². The lowest BCUT2D eigenvalue weighted by Gasteiger charge is -2.27. The summed E-state index contributed by atoms with van der Waals surface area (Å²) in [5.41, 5.74) is 0.140. The van der Waals surface area contributed by atoms with E-state index in [0.29, 0.717) is 6.42 Å². The second-order valence-corrected chi connectivity index (χ2v) is 4.16. The number of nitrogens with zero attached hydrogens (tertiary/aromatic N) is 2. The Morgan fingerprint density at radius 2 is 2.00 bits per heavy atom. The second-order valence-electron chi connectivity index (χ2n) is 4.16. The number of nitriles is 1. The summed E-state index contributed by atoms with van der Waals surface area (Å²) in [5, 5.41) is 8.59. The van der Waals surface area contributed by atoms with Crippen LogP contribution in [-0.2, 0) is 0 Å². The van der Waals surface area contributed by atoms with Crippen molar-refractivity contribution in [1.82, 2.24) is 4.90 Å². The summed E-state index contributed by atoms with van der Waals surface area (Å²) in [7, 11) is 0. The van der Waals surface area contributed by atoms with Gasteiger partial charge >= 0.3 is 0 Å². The van der Waals surface area contributed by atoms with Gasteiger partial charge in [-0.15, -0.1) is 0 Å². The molecule has 0 saturated heterocycles. The van der Waals surface area contributed by atoms with Gasteiger partial charge in [-0.25, -0.2) is 0 Å². The molecule has 0 saturated carbocycles. The molecule has 0 bridgehead atoms. The van der Waals surface area contributed by atoms with Crippen LogP contribution in [0.15, 0.2) is 12.2 Å². The molecule has 1 aliphatic rings. The maximum atomic E-state index is 8.59. The van der Waals surface area contributed by atoms with Gasteiger partial charge in [-0.05, 0) is 5.41 Å². The fourth-order valence-corrected chi connectivity index (χ4v) is 1.53. The van der Waals surface area contributed by atoms with E-state index in [1.807, 2.05) is 0 Å². The molecule has 2 nitrogen and oxygen atoms in total. The van der Waals surface area contributed by atoms with E-state index in [4.69, 9.17) is 5.26 Å². The smallest absolute Gasteiger partial charge is 0.0627 e. The van der Waals surface area contributed by atoms with Crippen LogP contribution in [0.4, 0.5) is 0 Å². The predicted molar refractivity (Wildman–Crippen MR) is 49.6 cm³/mol. The zero-order chi connectivity index (χ0) is 9.03. The van der Waals surface area contributed by atoms with E-state index in [2.05, 4.69) is 37.0 Å². The van der Waals surface area contributed by atoms with Crippen LogP contribution in [-0.4, -0.2) is 24.5 Å². The van der Waals surface area contributed by atoms with Crippen LogP contribution in [0.25, 0.3) is 0 Å². The predicted octanol–water partition coefficient (Wildman–Crippen LogP) is 1.80. The van der Waals surface area contributed by atoms with E-state index in [-0.39, 0.29) is 5.41 Å². The molecule has 0 aromatic rings. The molecule has 0 aromatic heterocycles. The average molecular weight is 164 g/mol. The summed E-state index contributed by atoms with van der Waals surface area (Å²) in [6.07, 6.45) is 5.01. The van der Waals surface area contributed by atoms with Gasteiger partial charge in [0.25, 0.3) is 0 Å². The van der Waals surface area contributed by atoms with Crippen molar-refractivity contribution in [3.05, 3.63) is 12.2 Å². The largest absolute Gasteiger partial charge is 0.295 e. The number of rotatable bonds is 3. The quantitative estimate of drug-likeness (QED) is 0.595. The Labute approximate surface area is 74.5 Å². The van der Waals surface area contributed by atoms with Crippen molar-refractivity contribution in [2.75, 3.05) is 19.6 Å². The van der Waals surface area contributed by atoms with E-state index in [1.54, 1.807) is 0 Å². The van der Waals surface area contributed by atoms with Gasteiger partial charge in [-0.1, -0.05) is 26.0 Å². The Morgan fingerprint density at radius 3 is 2.50 bits per heavy atom. The van der Waals surface area contributed by atoms with E-state index >= 15 is 0 Å². The number of hydrogen-bond donors (Lipinski definition) is 0. The fraction of sp³-hybridized carbons (Fsp3) is 0.700. The van der Waals surface area contributed by atoms with Gasteiger partial charge in [0.1, 0.15) is 0 Å². The Bertz CT molecular complexity index is 202. The molecule has 1 rings (SSSR count). The summed E-state index contributed by atoms with van der Waals surface area (Å²) in [4.78, 5) is 2.36. The molecule has 0 unspecified atom stereocenters. The lowest BCUT2D eigenvalue weighted by molar-refractivity contribution is 0.220. The minimum atomic E-state index is 0.140. The van der Waals surface area contributed by atoms with Crippen molar-refractivity contribution in [3.63, 3.8) is 0 Å². The highest BCUT2D eigenvalue weighted by Gasteiger charge is 2.21. The maximum absolute atomic E-state index is 8.59. The first-order valence-corrected chi connectivity index (χ1v) is 4.38. The maximum Gasteiger partial charge on any atom is 0.0627 e. The van der Waals surface area contributed by atoms with Crippen LogP contribution in [0.3, 0.4) is 0 Å². The minimum absolute atomic E-state index is 0.140. The van der Waals surface area contributed by atoms with E-state index < -0.39 is 0 Å². The third-order valence-electron chi connectivity index (χ3n) is 2.10. The molecule has 0 aromatic carbocycles. The highest BCUT2D eigenvalue weighted by Crippen LogP contribution is 2.21. The highest BCUT2D eigenvalue weighted by atomic mass is 15.1. The van der Waals surface area contributed by atoms with Gasteiger partial charge in [0.2, 0.25) is 0 Å². The molecule has 0 amide bonds. The molecular weight excluding hydrogens is 148 g/mol. The molecule has 2 heteroatoms. The molecule has 0 N–H and O–H groups in total. The normalized spacial score (nSPS) is 18.1. The average Bonchev–Trinajstić information content (AvgIpc) is 2.38. The van der Waals surface area contributed by atoms with Gasteiger partial charge in [-0.2, -0.15) is 5.26 Å². The summed E-state index contributed by atoms with van der Waals surface area (Å²) < 4.78 is 0. The summed E-state index contributed by atoms with van der Waals surface area (Å²) in [6, 6.07) is 2.23. The summed E-state index contributed by atoms with van der Waals surface area (Å²) in [5.74, 6) is 0. The molecule has 1 aliphatic heterocycles. The summed E-state index contributed by atoms with van der Waals surface area (Å²) in [6.45, 7) is 7.42. The molecule has 66 valence electrons. The fourth-order valence-electron chi connectivity index (χ4n) is 1.53.